The minimum atomic E-state index is -1.07. The van der Waals surface area contributed by atoms with Crippen LogP contribution in [0.4, 0.5) is 0 Å². The smallest absolute Gasteiger partial charge is 0.320 e. The minimum absolute atomic E-state index is 0.0571. The Morgan fingerprint density at radius 2 is 2.24 bits per heavy atom. The van der Waals surface area contributed by atoms with Crippen molar-refractivity contribution in [3.8, 4) is 0 Å². The van der Waals surface area contributed by atoms with Crippen molar-refractivity contribution >= 4 is 16.9 Å². The van der Waals surface area contributed by atoms with E-state index < -0.39 is 5.41 Å². The zero-order valence-corrected chi connectivity index (χ0v) is 14.7. The van der Waals surface area contributed by atoms with Crippen LogP contribution in [-0.2, 0) is 21.5 Å². The predicted molar refractivity (Wildman–Crippen MR) is 96.2 cm³/mol. The number of allylic oxidation sites excluding steroid dienone is 1. The van der Waals surface area contributed by atoms with E-state index in [0.717, 1.165) is 48.2 Å². The Kier molecular flexibility index (Phi) is 3.93. The van der Waals surface area contributed by atoms with Crippen molar-refractivity contribution in [1.29, 1.82) is 0 Å². The van der Waals surface area contributed by atoms with Crippen LogP contribution in [0.3, 0.4) is 0 Å². The van der Waals surface area contributed by atoms with Crippen LogP contribution in [0.15, 0.2) is 35.9 Å². The first-order chi connectivity index (χ1) is 12.2. The number of aliphatic hydroxyl groups excluding tert-OH is 1. The molecule has 5 heteroatoms. The summed E-state index contributed by atoms with van der Waals surface area (Å²) in [5.74, 6) is -0.416. The molecule has 0 amide bonds. The number of hydrogen-bond acceptors (Lipinski definition) is 4. The molecule has 2 N–H and O–H groups in total. The first kappa shape index (κ1) is 16.4. The van der Waals surface area contributed by atoms with Gasteiger partial charge in [-0.15, -0.1) is 0 Å². The van der Waals surface area contributed by atoms with Gasteiger partial charge in [0.2, 0.25) is 0 Å². The monoisotopic (exact) mass is 340 g/mol. The second-order valence-corrected chi connectivity index (χ2v) is 7.06. The number of piperidine rings is 1. The van der Waals surface area contributed by atoms with Crippen molar-refractivity contribution in [2.24, 2.45) is 5.92 Å². The lowest BCUT2D eigenvalue weighted by Gasteiger charge is -2.46. The summed E-state index contributed by atoms with van der Waals surface area (Å²) >= 11 is 0. The second-order valence-electron chi connectivity index (χ2n) is 7.06. The molecule has 25 heavy (non-hydrogen) atoms. The fourth-order valence-corrected chi connectivity index (χ4v) is 4.76. The number of ether oxygens (including phenoxy) is 1. The molecule has 5 nitrogen and oxygen atoms in total. The highest BCUT2D eigenvalue weighted by Gasteiger charge is 2.54. The molecule has 0 aliphatic carbocycles. The second kappa shape index (κ2) is 6.00. The molecule has 3 atom stereocenters. The number of esters is 1. The summed E-state index contributed by atoms with van der Waals surface area (Å²) in [5.41, 5.74) is 3.05. The normalized spacial score (nSPS) is 30.1. The average molecular weight is 340 g/mol. The van der Waals surface area contributed by atoms with Crippen LogP contribution >= 0.6 is 0 Å². The molecule has 2 aromatic rings. The molecule has 132 valence electrons. The predicted octanol–water partition coefficient (Wildman–Crippen LogP) is 2.35. The van der Waals surface area contributed by atoms with Gasteiger partial charge < -0.3 is 14.8 Å². The molecule has 3 aliphatic heterocycles. The van der Waals surface area contributed by atoms with Gasteiger partial charge in [-0.25, -0.2) is 0 Å². The Labute approximate surface area is 147 Å². The molecular weight excluding hydrogens is 316 g/mol. The maximum atomic E-state index is 13.0. The molecule has 1 aromatic heterocycles. The van der Waals surface area contributed by atoms with E-state index >= 15 is 0 Å². The zero-order valence-electron chi connectivity index (χ0n) is 14.7. The van der Waals surface area contributed by atoms with Gasteiger partial charge in [0, 0.05) is 35.6 Å². The van der Waals surface area contributed by atoms with Crippen LogP contribution in [0.2, 0.25) is 0 Å². The summed E-state index contributed by atoms with van der Waals surface area (Å²) < 4.78 is 5.22. The first-order valence-electron chi connectivity index (χ1n) is 8.82. The van der Waals surface area contributed by atoms with E-state index in [0.29, 0.717) is 0 Å². The van der Waals surface area contributed by atoms with E-state index in [9.17, 15) is 9.90 Å². The van der Waals surface area contributed by atoms with Crippen molar-refractivity contribution in [1.82, 2.24) is 9.88 Å². The van der Waals surface area contributed by atoms with E-state index in [4.69, 9.17) is 4.74 Å². The van der Waals surface area contributed by atoms with E-state index in [2.05, 4.69) is 22.0 Å². The molecule has 1 unspecified atom stereocenters. The Morgan fingerprint density at radius 1 is 1.44 bits per heavy atom. The van der Waals surface area contributed by atoms with E-state index in [1.54, 1.807) is 0 Å². The Bertz CT molecular complexity index is 854. The summed E-state index contributed by atoms with van der Waals surface area (Å²) in [5, 5.41) is 11.6. The van der Waals surface area contributed by atoms with Gasteiger partial charge in [-0.3, -0.25) is 9.69 Å². The number of benzene rings is 1. The number of nitrogens with zero attached hydrogens (tertiary/aromatic N) is 1. The Hall–Kier alpha value is -2.11. The zero-order chi connectivity index (χ0) is 17.6. The highest BCUT2D eigenvalue weighted by Crippen LogP contribution is 2.47. The molecule has 0 spiro atoms. The molecule has 5 rings (SSSR count). The number of rotatable bonds is 2. The number of H-pyrrole nitrogens is 1. The molecule has 1 saturated heterocycles. The third-order valence-electron chi connectivity index (χ3n) is 5.99. The minimum Gasteiger partial charge on any atom is -0.468 e. The molecular formula is C20H24N2O3. The van der Waals surface area contributed by atoms with E-state index in [1.807, 2.05) is 25.1 Å². The Balaban J connectivity index is 2.06. The largest absolute Gasteiger partial charge is 0.468 e. The highest BCUT2D eigenvalue weighted by atomic mass is 16.5. The Morgan fingerprint density at radius 3 is 2.96 bits per heavy atom. The summed E-state index contributed by atoms with van der Waals surface area (Å²) in [6, 6.07) is 8.10. The summed E-state index contributed by atoms with van der Waals surface area (Å²) in [6.07, 6.45) is 2.93. The van der Waals surface area contributed by atoms with Gasteiger partial charge in [-0.1, -0.05) is 29.8 Å². The van der Waals surface area contributed by atoms with Crippen LogP contribution in [0.25, 0.3) is 10.9 Å². The van der Waals surface area contributed by atoms with Gasteiger partial charge in [0.1, 0.15) is 5.41 Å². The van der Waals surface area contributed by atoms with Gasteiger partial charge in [0.15, 0.2) is 0 Å². The van der Waals surface area contributed by atoms with Crippen LogP contribution in [0, 0.1) is 5.92 Å². The van der Waals surface area contributed by atoms with Crippen LogP contribution in [-0.4, -0.2) is 47.8 Å². The van der Waals surface area contributed by atoms with Crippen molar-refractivity contribution in [3.05, 3.63) is 47.2 Å². The highest BCUT2D eigenvalue weighted by molar-refractivity contribution is 5.91. The lowest BCUT2D eigenvalue weighted by Crippen LogP contribution is -2.54. The lowest BCUT2D eigenvalue weighted by atomic mass is 9.65. The molecule has 1 aromatic carbocycles. The summed E-state index contributed by atoms with van der Waals surface area (Å²) in [4.78, 5) is 18.9. The number of aromatic nitrogens is 1. The molecule has 1 fully saturated rings. The quantitative estimate of drug-likeness (QED) is 0.651. The third kappa shape index (κ3) is 2.19. The number of methoxy groups -OCH3 is 1. The van der Waals surface area contributed by atoms with Gasteiger partial charge in [-0.2, -0.15) is 0 Å². The number of fused-ring (bicyclic) bond motifs is 3. The first-order valence-corrected chi connectivity index (χ1v) is 8.82. The molecule has 0 radical (unpaired) electrons. The number of aliphatic hydroxyl groups is 1. The van der Waals surface area contributed by atoms with E-state index in [1.165, 1.54) is 12.7 Å². The van der Waals surface area contributed by atoms with Crippen molar-refractivity contribution in [3.63, 3.8) is 0 Å². The van der Waals surface area contributed by atoms with Crippen LogP contribution in [0.5, 0.6) is 0 Å². The van der Waals surface area contributed by atoms with Crippen LogP contribution in [0.1, 0.15) is 24.6 Å². The number of carbonyl (C=O) groups is 1. The van der Waals surface area contributed by atoms with Crippen molar-refractivity contribution in [2.75, 3.05) is 26.8 Å². The fourth-order valence-electron chi connectivity index (χ4n) is 4.76. The van der Waals surface area contributed by atoms with Gasteiger partial charge in [0.25, 0.3) is 0 Å². The average Bonchev–Trinajstić information content (AvgIpc) is 2.99. The number of aromatic amines is 1. The van der Waals surface area contributed by atoms with Crippen LogP contribution < -0.4 is 0 Å². The maximum absolute atomic E-state index is 13.0. The molecule has 3 aliphatic rings. The fraction of sp³-hybridized carbons (Fsp3) is 0.450. The standard InChI is InChI=1S/C20H24N2O3/c1-3-13-10-22-9-8-16(13)20(12-23,19(24)25-2)18-15(11-22)14-6-4-5-7-17(14)21-18/h3-7,16,21,23H,8-12H2,1-2H3/b13-3-/t16-,20-/m1/s1. The number of hydrogen-bond donors (Lipinski definition) is 2. The SMILES string of the molecule is C/C=C1/CN2CC[C@H]1[C@@](CO)(C(=O)OC)c1[nH]c3ccccc3c1C2. The van der Waals surface area contributed by atoms with Crippen molar-refractivity contribution in [2.45, 2.75) is 25.3 Å². The van der Waals surface area contributed by atoms with Gasteiger partial charge in [-0.05, 0) is 31.5 Å². The van der Waals surface area contributed by atoms with Crippen molar-refractivity contribution < 1.29 is 14.6 Å². The topological polar surface area (TPSA) is 65.6 Å². The van der Waals surface area contributed by atoms with Gasteiger partial charge in [0.05, 0.1) is 13.7 Å². The summed E-state index contributed by atoms with van der Waals surface area (Å²) in [6.45, 7) is 4.27. The number of nitrogens with one attached hydrogen (secondary N) is 1. The van der Waals surface area contributed by atoms with Gasteiger partial charge >= 0.3 is 5.97 Å². The molecule has 4 heterocycles. The molecule has 0 saturated carbocycles. The van der Waals surface area contributed by atoms with E-state index in [-0.39, 0.29) is 18.5 Å². The molecule has 2 bridgehead atoms. The number of para-hydroxylation sites is 1. The third-order valence-corrected chi connectivity index (χ3v) is 5.99. The number of carbonyl (C=O) groups excluding carboxylic acids is 1. The lowest BCUT2D eigenvalue weighted by molar-refractivity contribution is -0.152. The summed E-state index contributed by atoms with van der Waals surface area (Å²) in [7, 11) is 1.41. The maximum Gasteiger partial charge on any atom is 0.320 e.